The van der Waals surface area contributed by atoms with Crippen LogP contribution < -0.4 is 16.6 Å². The van der Waals surface area contributed by atoms with E-state index in [1.807, 2.05) is 0 Å². The summed E-state index contributed by atoms with van der Waals surface area (Å²) in [6, 6.07) is 2.81. The molecule has 2 aromatic rings. The number of carbonyl (C=O) groups is 1. The Balaban J connectivity index is 2.22. The second kappa shape index (κ2) is 4.08. The summed E-state index contributed by atoms with van der Waals surface area (Å²) in [6.07, 6.45) is 1.48. The second-order valence-corrected chi connectivity index (χ2v) is 3.32. The summed E-state index contributed by atoms with van der Waals surface area (Å²) in [5.74, 6) is -0.644. The van der Waals surface area contributed by atoms with Crippen LogP contribution in [-0.2, 0) is 7.05 Å². The quantitative estimate of drug-likeness (QED) is 0.731. The zero-order valence-corrected chi connectivity index (χ0v) is 8.88. The van der Waals surface area contributed by atoms with E-state index in [0.29, 0.717) is 5.69 Å². The Morgan fingerprint density at radius 1 is 1.47 bits per heavy atom. The lowest BCUT2D eigenvalue weighted by molar-refractivity contribution is 0.101. The lowest BCUT2D eigenvalue weighted by Crippen LogP contribution is -2.18. The second-order valence-electron chi connectivity index (χ2n) is 3.32. The van der Waals surface area contributed by atoms with E-state index in [0.717, 1.165) is 0 Å². The Kier molecular flexibility index (Phi) is 2.61. The number of aryl methyl sites for hydroxylation is 1. The fourth-order valence-corrected chi connectivity index (χ4v) is 1.21. The maximum Gasteiger partial charge on any atom is 0.281 e. The van der Waals surface area contributed by atoms with Crippen LogP contribution in [-0.4, -0.2) is 20.8 Å². The van der Waals surface area contributed by atoms with Crippen LogP contribution in [0.1, 0.15) is 10.5 Å². The molecule has 8 nitrogen and oxygen atoms in total. The molecule has 17 heavy (non-hydrogen) atoms. The molecule has 2 aromatic heterocycles. The zero-order chi connectivity index (χ0) is 12.4. The fourth-order valence-electron chi connectivity index (χ4n) is 1.21. The van der Waals surface area contributed by atoms with Gasteiger partial charge in [-0.3, -0.25) is 9.59 Å². The first-order valence-electron chi connectivity index (χ1n) is 4.64. The van der Waals surface area contributed by atoms with Crippen molar-refractivity contribution in [1.29, 1.82) is 0 Å². The van der Waals surface area contributed by atoms with Gasteiger partial charge < -0.3 is 15.6 Å². The molecule has 0 fully saturated rings. The predicted octanol–water partition coefficient (Wildman–Crippen LogP) is -0.397. The van der Waals surface area contributed by atoms with Crippen LogP contribution in [0.5, 0.6) is 0 Å². The van der Waals surface area contributed by atoms with Gasteiger partial charge in [-0.05, 0) is 16.4 Å². The predicted molar refractivity (Wildman–Crippen MR) is 58.3 cm³/mol. The van der Waals surface area contributed by atoms with E-state index in [4.69, 9.17) is 5.73 Å². The van der Waals surface area contributed by atoms with Crippen LogP contribution in [0.4, 0.5) is 11.5 Å². The van der Waals surface area contributed by atoms with E-state index >= 15 is 0 Å². The zero-order valence-electron chi connectivity index (χ0n) is 8.88. The van der Waals surface area contributed by atoms with Gasteiger partial charge >= 0.3 is 0 Å². The van der Waals surface area contributed by atoms with Gasteiger partial charge in [0.05, 0.1) is 5.69 Å². The van der Waals surface area contributed by atoms with Crippen molar-refractivity contribution < 1.29 is 9.42 Å². The molecule has 0 atom stereocenters. The maximum absolute atomic E-state index is 11.7. The number of hydrogen-bond acceptors (Lipinski definition) is 6. The molecule has 0 saturated heterocycles. The van der Waals surface area contributed by atoms with Crippen LogP contribution in [0, 0.1) is 0 Å². The maximum atomic E-state index is 11.7. The van der Waals surface area contributed by atoms with Gasteiger partial charge in [0.2, 0.25) is 17.1 Å². The first-order valence-corrected chi connectivity index (χ1v) is 4.64. The van der Waals surface area contributed by atoms with Crippen molar-refractivity contribution in [3.63, 3.8) is 0 Å². The van der Waals surface area contributed by atoms with Gasteiger partial charge in [-0.1, -0.05) is 0 Å². The molecule has 0 aliphatic rings. The van der Waals surface area contributed by atoms with Gasteiger partial charge in [-0.25, -0.2) is 4.63 Å². The third-order valence-electron chi connectivity index (χ3n) is 2.07. The highest BCUT2D eigenvalue weighted by molar-refractivity contribution is 6.05. The monoisotopic (exact) mass is 235 g/mol. The Morgan fingerprint density at radius 2 is 2.24 bits per heavy atom. The Bertz CT molecular complexity index is 615. The summed E-state index contributed by atoms with van der Waals surface area (Å²) in [7, 11) is 1.57. The standard InChI is InChI=1S/C9H9N5O3/c1-14-4-5(2-3-6(14)15)11-9(16)7-8(10)13-17-12-7/h2-4H,1H3,(H2,10,13)(H,11,16). The summed E-state index contributed by atoms with van der Waals surface area (Å²) in [4.78, 5) is 22.8. The number of anilines is 2. The van der Waals surface area contributed by atoms with Crippen molar-refractivity contribution in [2.75, 3.05) is 11.1 Å². The molecule has 0 spiro atoms. The summed E-state index contributed by atoms with van der Waals surface area (Å²) in [5, 5.41) is 9.16. The smallest absolute Gasteiger partial charge is 0.281 e. The van der Waals surface area contributed by atoms with E-state index in [-0.39, 0.29) is 17.1 Å². The van der Waals surface area contributed by atoms with E-state index in [2.05, 4.69) is 20.3 Å². The molecule has 88 valence electrons. The number of amides is 1. The Hall–Kier alpha value is -2.64. The van der Waals surface area contributed by atoms with Crippen LogP contribution in [0.2, 0.25) is 0 Å². The van der Waals surface area contributed by atoms with E-state index in [9.17, 15) is 9.59 Å². The lowest BCUT2D eigenvalue weighted by atomic mass is 10.3. The van der Waals surface area contributed by atoms with Crippen LogP contribution in [0.25, 0.3) is 0 Å². The number of nitrogens with one attached hydrogen (secondary N) is 1. The van der Waals surface area contributed by atoms with Crippen molar-refractivity contribution in [3.8, 4) is 0 Å². The average Bonchev–Trinajstić information content (AvgIpc) is 2.70. The lowest BCUT2D eigenvalue weighted by Gasteiger charge is -2.04. The van der Waals surface area contributed by atoms with Crippen molar-refractivity contribution in [2.45, 2.75) is 0 Å². The number of pyridine rings is 1. The summed E-state index contributed by atoms with van der Waals surface area (Å²) in [6.45, 7) is 0. The molecule has 0 bridgehead atoms. The minimum absolute atomic E-state index is 0.0904. The van der Waals surface area contributed by atoms with Crippen LogP contribution in [0.15, 0.2) is 27.8 Å². The van der Waals surface area contributed by atoms with Crippen molar-refractivity contribution in [1.82, 2.24) is 14.9 Å². The molecule has 0 radical (unpaired) electrons. The van der Waals surface area contributed by atoms with Gasteiger partial charge in [0.25, 0.3) is 5.91 Å². The number of carbonyl (C=O) groups excluding carboxylic acids is 1. The molecule has 2 heterocycles. The third kappa shape index (κ3) is 2.14. The van der Waals surface area contributed by atoms with E-state index < -0.39 is 5.91 Å². The number of rotatable bonds is 2. The largest absolute Gasteiger partial charge is 0.379 e. The highest BCUT2D eigenvalue weighted by atomic mass is 16.6. The first-order chi connectivity index (χ1) is 8.08. The van der Waals surface area contributed by atoms with Gasteiger partial charge in [0.1, 0.15) is 0 Å². The number of aromatic nitrogens is 3. The van der Waals surface area contributed by atoms with Crippen molar-refractivity contribution in [3.05, 3.63) is 34.4 Å². The van der Waals surface area contributed by atoms with Gasteiger partial charge in [0.15, 0.2) is 0 Å². The number of nitrogens with two attached hydrogens (primary N) is 1. The molecule has 2 rings (SSSR count). The molecule has 1 amide bonds. The summed E-state index contributed by atoms with van der Waals surface area (Å²) < 4.78 is 5.64. The van der Waals surface area contributed by atoms with Gasteiger partial charge in [0, 0.05) is 19.3 Å². The molecule has 0 aliphatic carbocycles. The van der Waals surface area contributed by atoms with E-state index in [1.165, 1.54) is 22.9 Å². The van der Waals surface area contributed by atoms with E-state index in [1.54, 1.807) is 7.05 Å². The minimum Gasteiger partial charge on any atom is -0.379 e. The molecular weight excluding hydrogens is 226 g/mol. The molecule has 0 unspecified atom stereocenters. The summed E-state index contributed by atoms with van der Waals surface area (Å²) in [5.41, 5.74) is 5.54. The van der Waals surface area contributed by atoms with Gasteiger partial charge in [-0.2, -0.15) is 0 Å². The molecule has 0 aliphatic heterocycles. The first kappa shape index (κ1) is 10.9. The molecule has 0 saturated carbocycles. The van der Waals surface area contributed by atoms with Crippen molar-refractivity contribution in [2.24, 2.45) is 7.05 Å². The fraction of sp³-hybridized carbons (Fsp3) is 0.111. The minimum atomic E-state index is -0.553. The average molecular weight is 235 g/mol. The highest BCUT2D eigenvalue weighted by Gasteiger charge is 2.15. The number of nitrogens with zero attached hydrogens (tertiary/aromatic N) is 3. The van der Waals surface area contributed by atoms with Crippen molar-refractivity contribution >= 4 is 17.4 Å². The number of hydrogen-bond donors (Lipinski definition) is 2. The summed E-state index contributed by atoms with van der Waals surface area (Å²) >= 11 is 0. The molecular formula is C9H9N5O3. The molecule has 3 N–H and O–H groups in total. The van der Waals surface area contributed by atoms with Gasteiger partial charge in [-0.15, -0.1) is 0 Å². The highest BCUT2D eigenvalue weighted by Crippen LogP contribution is 2.09. The normalized spacial score (nSPS) is 10.2. The van der Waals surface area contributed by atoms with Crippen LogP contribution >= 0.6 is 0 Å². The topological polar surface area (TPSA) is 116 Å². The Morgan fingerprint density at radius 3 is 2.82 bits per heavy atom. The number of nitrogen functional groups attached to an aromatic ring is 1. The molecule has 8 heteroatoms. The van der Waals surface area contributed by atoms with Crippen LogP contribution in [0.3, 0.4) is 0 Å². The SMILES string of the molecule is Cn1cc(NC(=O)c2nonc2N)ccc1=O. The Labute approximate surface area is 95.0 Å². The third-order valence-corrected chi connectivity index (χ3v) is 2.07. The molecule has 0 aromatic carbocycles.